The smallest absolute Gasteiger partial charge is 0.431 e. The number of aromatic amines is 1. The quantitative estimate of drug-likeness (QED) is 0.258. The SMILES string of the molecule is COC(=O)Cc1ccccc1OCc1cc(-c2cccc(CN)c2F)c2cc(C(F)(F)F)[nH]c2c1. The van der Waals surface area contributed by atoms with Crippen LogP contribution in [0.5, 0.6) is 5.75 Å². The zero-order valence-corrected chi connectivity index (χ0v) is 18.7. The normalized spacial score (nSPS) is 11.6. The van der Waals surface area contributed by atoms with Gasteiger partial charge in [-0.3, -0.25) is 4.79 Å². The number of carbonyl (C=O) groups excluding carboxylic acids is 1. The summed E-state index contributed by atoms with van der Waals surface area (Å²) in [5.41, 5.74) is 6.65. The molecule has 0 aliphatic carbocycles. The van der Waals surface area contributed by atoms with Crippen LogP contribution in [0.25, 0.3) is 22.0 Å². The first kappa shape index (κ1) is 24.3. The molecule has 0 saturated heterocycles. The van der Waals surface area contributed by atoms with Gasteiger partial charge in [-0.25, -0.2) is 4.39 Å². The molecule has 0 bridgehead atoms. The van der Waals surface area contributed by atoms with Crippen LogP contribution in [0, 0.1) is 5.82 Å². The Labute approximate surface area is 198 Å². The number of H-pyrrole nitrogens is 1. The number of hydrogen-bond donors (Lipinski definition) is 2. The number of hydrogen-bond acceptors (Lipinski definition) is 4. The minimum Gasteiger partial charge on any atom is -0.489 e. The highest BCUT2D eigenvalue weighted by molar-refractivity contribution is 5.96. The van der Waals surface area contributed by atoms with Gasteiger partial charge in [0, 0.05) is 34.1 Å². The summed E-state index contributed by atoms with van der Waals surface area (Å²) in [4.78, 5) is 14.1. The topological polar surface area (TPSA) is 77.3 Å². The van der Waals surface area contributed by atoms with Crippen LogP contribution in [-0.2, 0) is 35.3 Å². The monoisotopic (exact) mass is 486 g/mol. The molecule has 0 amide bonds. The number of benzene rings is 3. The van der Waals surface area contributed by atoms with E-state index in [-0.39, 0.29) is 47.2 Å². The van der Waals surface area contributed by atoms with Crippen LogP contribution in [0.15, 0.2) is 60.7 Å². The second kappa shape index (κ2) is 9.79. The maximum absolute atomic E-state index is 15.1. The van der Waals surface area contributed by atoms with Gasteiger partial charge in [0.05, 0.1) is 13.5 Å². The van der Waals surface area contributed by atoms with Gasteiger partial charge in [-0.2, -0.15) is 13.2 Å². The second-order valence-electron chi connectivity index (χ2n) is 7.92. The van der Waals surface area contributed by atoms with Crippen molar-refractivity contribution in [2.75, 3.05) is 7.11 Å². The number of alkyl halides is 3. The van der Waals surface area contributed by atoms with Crippen molar-refractivity contribution in [3.63, 3.8) is 0 Å². The highest BCUT2D eigenvalue weighted by Crippen LogP contribution is 2.38. The van der Waals surface area contributed by atoms with E-state index >= 15 is 4.39 Å². The molecule has 0 fully saturated rings. The van der Waals surface area contributed by atoms with Crippen LogP contribution in [-0.4, -0.2) is 18.1 Å². The number of nitrogens with one attached hydrogen (secondary N) is 1. The molecule has 1 aromatic heterocycles. The van der Waals surface area contributed by atoms with Crippen LogP contribution in [0.1, 0.15) is 22.4 Å². The molecule has 9 heteroatoms. The Morgan fingerprint density at radius 1 is 1.00 bits per heavy atom. The van der Waals surface area contributed by atoms with Gasteiger partial charge in [0.25, 0.3) is 0 Å². The number of para-hydroxylation sites is 1. The summed E-state index contributed by atoms with van der Waals surface area (Å²) in [6, 6.07) is 15.6. The van der Waals surface area contributed by atoms with E-state index in [9.17, 15) is 18.0 Å². The standard InChI is InChI=1S/C26H22F4N2O3/c1-34-24(33)11-16-5-2-3-8-22(16)35-14-15-9-19(18-7-4-6-17(13-31)25(18)27)20-12-23(26(28,29)30)32-21(20)10-15/h2-10,12,32H,11,13-14,31H2,1H3. The molecule has 4 rings (SSSR count). The van der Waals surface area contributed by atoms with E-state index < -0.39 is 23.7 Å². The Bertz CT molecular complexity index is 1380. The Balaban J connectivity index is 1.77. The fourth-order valence-electron chi connectivity index (χ4n) is 3.88. The summed E-state index contributed by atoms with van der Waals surface area (Å²) < 4.78 is 66.0. The third-order valence-electron chi connectivity index (χ3n) is 5.62. The number of carbonyl (C=O) groups is 1. The molecule has 182 valence electrons. The van der Waals surface area contributed by atoms with Crippen molar-refractivity contribution in [1.82, 2.24) is 4.98 Å². The lowest BCUT2D eigenvalue weighted by molar-refractivity contribution is -0.141. The molecule has 35 heavy (non-hydrogen) atoms. The van der Waals surface area contributed by atoms with Gasteiger partial charge in [-0.1, -0.05) is 36.4 Å². The molecule has 5 nitrogen and oxygen atoms in total. The molecular formula is C26H22F4N2O3. The van der Waals surface area contributed by atoms with Gasteiger partial charge in [0.15, 0.2) is 0 Å². The van der Waals surface area contributed by atoms with Crippen molar-refractivity contribution >= 4 is 16.9 Å². The fourth-order valence-corrected chi connectivity index (χ4v) is 3.88. The number of rotatable bonds is 7. The van der Waals surface area contributed by atoms with Gasteiger partial charge in [0.2, 0.25) is 0 Å². The van der Waals surface area contributed by atoms with Gasteiger partial charge in [0.1, 0.15) is 23.9 Å². The fraction of sp³-hybridized carbons (Fsp3) is 0.192. The summed E-state index contributed by atoms with van der Waals surface area (Å²) in [6.45, 7) is -0.0801. The van der Waals surface area contributed by atoms with Crippen molar-refractivity contribution < 1.29 is 31.8 Å². The van der Waals surface area contributed by atoms with Gasteiger partial charge in [-0.15, -0.1) is 0 Å². The Morgan fingerprint density at radius 2 is 1.74 bits per heavy atom. The highest BCUT2D eigenvalue weighted by atomic mass is 19.4. The number of fused-ring (bicyclic) bond motifs is 1. The van der Waals surface area contributed by atoms with Crippen LogP contribution >= 0.6 is 0 Å². The van der Waals surface area contributed by atoms with E-state index in [0.717, 1.165) is 6.07 Å². The second-order valence-corrected chi connectivity index (χ2v) is 7.92. The van der Waals surface area contributed by atoms with Crippen LogP contribution in [0.4, 0.5) is 17.6 Å². The number of ether oxygens (including phenoxy) is 2. The van der Waals surface area contributed by atoms with Gasteiger partial charge >= 0.3 is 12.1 Å². The third kappa shape index (κ3) is 5.14. The lowest BCUT2D eigenvalue weighted by Gasteiger charge is -2.13. The van der Waals surface area contributed by atoms with E-state index in [4.69, 9.17) is 15.2 Å². The first-order valence-electron chi connectivity index (χ1n) is 10.7. The van der Waals surface area contributed by atoms with Gasteiger partial charge in [-0.05, 0) is 35.4 Å². The lowest BCUT2D eigenvalue weighted by Crippen LogP contribution is -2.07. The minimum absolute atomic E-state index is 0.000375. The number of nitrogens with two attached hydrogens (primary N) is 1. The number of esters is 1. The van der Waals surface area contributed by atoms with Crippen molar-refractivity contribution in [1.29, 1.82) is 0 Å². The first-order chi connectivity index (χ1) is 16.7. The molecular weight excluding hydrogens is 464 g/mol. The lowest BCUT2D eigenvalue weighted by atomic mass is 9.96. The average Bonchev–Trinajstić information content (AvgIpc) is 3.28. The van der Waals surface area contributed by atoms with Crippen molar-refractivity contribution in [3.05, 3.63) is 88.9 Å². The van der Waals surface area contributed by atoms with Crippen molar-refractivity contribution in [2.45, 2.75) is 25.7 Å². The van der Waals surface area contributed by atoms with E-state index in [2.05, 4.69) is 4.98 Å². The molecule has 0 unspecified atom stereocenters. The summed E-state index contributed by atoms with van der Waals surface area (Å²) in [7, 11) is 1.28. The molecule has 1 heterocycles. The summed E-state index contributed by atoms with van der Waals surface area (Å²) in [6.07, 6.45) is -4.60. The molecule has 0 radical (unpaired) electrons. The summed E-state index contributed by atoms with van der Waals surface area (Å²) >= 11 is 0. The largest absolute Gasteiger partial charge is 0.489 e. The third-order valence-corrected chi connectivity index (χ3v) is 5.62. The Kier molecular flexibility index (Phi) is 6.79. The average molecular weight is 486 g/mol. The van der Waals surface area contributed by atoms with Crippen LogP contribution in [0.3, 0.4) is 0 Å². The summed E-state index contributed by atoms with van der Waals surface area (Å²) in [5.74, 6) is -0.600. The van der Waals surface area contributed by atoms with Crippen molar-refractivity contribution in [2.24, 2.45) is 5.73 Å². The molecule has 0 saturated carbocycles. The Hall–Kier alpha value is -3.85. The molecule has 0 spiro atoms. The summed E-state index contributed by atoms with van der Waals surface area (Å²) in [5, 5.41) is 0.222. The highest BCUT2D eigenvalue weighted by Gasteiger charge is 2.33. The molecule has 3 aromatic carbocycles. The zero-order chi connectivity index (χ0) is 25.2. The van der Waals surface area contributed by atoms with Crippen LogP contribution in [0.2, 0.25) is 0 Å². The van der Waals surface area contributed by atoms with Crippen LogP contribution < -0.4 is 10.5 Å². The predicted octanol–water partition coefficient (Wildman–Crippen LogP) is 5.75. The van der Waals surface area contributed by atoms with E-state index in [1.165, 1.54) is 25.3 Å². The molecule has 4 aromatic rings. The van der Waals surface area contributed by atoms with Crippen molar-refractivity contribution in [3.8, 4) is 16.9 Å². The minimum atomic E-state index is -4.60. The molecule has 3 N–H and O–H groups in total. The maximum atomic E-state index is 15.1. The van der Waals surface area contributed by atoms with Gasteiger partial charge < -0.3 is 20.2 Å². The number of halogens is 4. The van der Waals surface area contributed by atoms with E-state index in [0.29, 0.717) is 16.9 Å². The molecule has 0 atom stereocenters. The molecule has 0 aliphatic rings. The zero-order valence-electron chi connectivity index (χ0n) is 18.7. The number of methoxy groups -OCH3 is 1. The van der Waals surface area contributed by atoms with E-state index in [1.54, 1.807) is 36.4 Å². The van der Waals surface area contributed by atoms with E-state index in [1.807, 2.05) is 0 Å². The number of aromatic nitrogens is 1. The predicted molar refractivity (Wildman–Crippen MR) is 123 cm³/mol. The molecule has 0 aliphatic heterocycles. The Morgan fingerprint density at radius 3 is 2.46 bits per heavy atom. The first-order valence-corrected chi connectivity index (χ1v) is 10.7. The maximum Gasteiger partial charge on any atom is 0.431 e.